The van der Waals surface area contributed by atoms with Crippen LogP contribution in [0.25, 0.3) is 39.5 Å². The Bertz CT molecular complexity index is 1510. The first-order valence-electron chi connectivity index (χ1n) is 10.6. The Morgan fingerprint density at radius 1 is 0.781 bits per heavy atom. The van der Waals surface area contributed by atoms with Crippen molar-refractivity contribution >= 4 is 39.5 Å². The zero-order valence-corrected chi connectivity index (χ0v) is 18.1. The van der Waals surface area contributed by atoms with Crippen LogP contribution in [0.4, 0.5) is 5.69 Å². The van der Waals surface area contributed by atoms with Crippen molar-refractivity contribution in [2.45, 2.75) is 0 Å². The van der Waals surface area contributed by atoms with Crippen LogP contribution in [0.15, 0.2) is 95.8 Å². The molecule has 0 spiro atoms. The second-order valence-corrected chi connectivity index (χ2v) is 7.98. The van der Waals surface area contributed by atoms with Crippen LogP contribution in [-0.2, 0) is 0 Å². The molecule has 0 aliphatic carbocycles. The van der Waals surface area contributed by atoms with Crippen molar-refractivity contribution < 1.29 is 0 Å². The summed E-state index contributed by atoms with van der Waals surface area (Å²) in [5, 5.41) is 2.82. The molecule has 0 atom stereocenters. The standard InChI is InChI=1S/C28H23N3O/c1-30(2)23-15-11-20(12-16-23)13-18-27-29-26-10-6-5-9-25(26)28(32)31(27)24-17-14-21-7-3-4-8-22(21)19-24/h3-19H,1-2H3/b18-13+. The van der Waals surface area contributed by atoms with Gasteiger partial charge in [-0.1, -0.05) is 60.7 Å². The summed E-state index contributed by atoms with van der Waals surface area (Å²) in [7, 11) is 4.04. The molecule has 4 nitrogen and oxygen atoms in total. The lowest BCUT2D eigenvalue weighted by atomic mass is 10.1. The van der Waals surface area contributed by atoms with Crippen molar-refractivity contribution in [2.24, 2.45) is 0 Å². The molecule has 5 rings (SSSR count). The number of nitrogens with zero attached hydrogens (tertiary/aromatic N) is 3. The van der Waals surface area contributed by atoms with Gasteiger partial charge >= 0.3 is 0 Å². The molecule has 0 radical (unpaired) electrons. The topological polar surface area (TPSA) is 38.1 Å². The van der Waals surface area contributed by atoms with E-state index in [-0.39, 0.29) is 5.56 Å². The Balaban J connectivity index is 1.67. The average Bonchev–Trinajstić information content (AvgIpc) is 2.83. The lowest BCUT2D eigenvalue weighted by molar-refractivity contribution is 0.946. The Labute approximate surface area is 186 Å². The molecule has 0 unspecified atom stereocenters. The molecule has 156 valence electrons. The molecule has 0 aliphatic rings. The van der Waals surface area contributed by atoms with Gasteiger partial charge in [-0.15, -0.1) is 0 Å². The Hall–Kier alpha value is -4.18. The molecular weight excluding hydrogens is 394 g/mol. The van der Waals surface area contributed by atoms with Crippen LogP contribution in [0, 0.1) is 0 Å². The summed E-state index contributed by atoms with van der Waals surface area (Å²) in [5.74, 6) is 0.598. The van der Waals surface area contributed by atoms with Crippen molar-refractivity contribution in [1.29, 1.82) is 0 Å². The largest absolute Gasteiger partial charge is 0.378 e. The molecule has 0 N–H and O–H groups in total. The summed E-state index contributed by atoms with van der Waals surface area (Å²) in [5.41, 5.74) is 3.60. The highest BCUT2D eigenvalue weighted by molar-refractivity contribution is 5.85. The minimum Gasteiger partial charge on any atom is -0.378 e. The van der Waals surface area contributed by atoms with Gasteiger partial charge < -0.3 is 4.90 Å². The van der Waals surface area contributed by atoms with Crippen LogP contribution in [0.3, 0.4) is 0 Å². The van der Waals surface area contributed by atoms with Gasteiger partial charge in [0.05, 0.1) is 16.6 Å². The van der Waals surface area contributed by atoms with Crippen LogP contribution in [-0.4, -0.2) is 23.6 Å². The van der Waals surface area contributed by atoms with E-state index in [9.17, 15) is 4.79 Å². The van der Waals surface area contributed by atoms with E-state index in [4.69, 9.17) is 4.98 Å². The Morgan fingerprint density at radius 2 is 1.50 bits per heavy atom. The fraction of sp³-hybridized carbons (Fsp3) is 0.0714. The summed E-state index contributed by atoms with van der Waals surface area (Å²) in [6, 6.07) is 30.0. The monoisotopic (exact) mass is 417 g/mol. The Kier molecular flexibility index (Phi) is 5.04. The third kappa shape index (κ3) is 3.67. The van der Waals surface area contributed by atoms with Gasteiger partial charge in [-0.3, -0.25) is 9.36 Å². The minimum atomic E-state index is -0.0755. The Morgan fingerprint density at radius 3 is 2.28 bits per heavy atom. The minimum absolute atomic E-state index is 0.0755. The van der Waals surface area contributed by atoms with Gasteiger partial charge in [-0.2, -0.15) is 0 Å². The van der Waals surface area contributed by atoms with Gasteiger partial charge in [0, 0.05) is 19.8 Å². The van der Waals surface area contributed by atoms with Crippen LogP contribution in [0.1, 0.15) is 11.4 Å². The van der Waals surface area contributed by atoms with Gasteiger partial charge in [0.1, 0.15) is 5.82 Å². The molecule has 0 amide bonds. The quantitative estimate of drug-likeness (QED) is 0.372. The number of para-hydroxylation sites is 1. The number of rotatable bonds is 4. The number of benzene rings is 4. The molecule has 4 aromatic carbocycles. The number of hydrogen-bond donors (Lipinski definition) is 0. The van der Waals surface area contributed by atoms with Crippen LogP contribution in [0.2, 0.25) is 0 Å². The van der Waals surface area contributed by atoms with Gasteiger partial charge in [0.15, 0.2) is 0 Å². The first-order valence-corrected chi connectivity index (χ1v) is 10.6. The zero-order valence-electron chi connectivity index (χ0n) is 18.1. The van der Waals surface area contributed by atoms with E-state index in [1.54, 1.807) is 4.57 Å². The van der Waals surface area contributed by atoms with E-state index in [0.29, 0.717) is 16.7 Å². The summed E-state index contributed by atoms with van der Waals surface area (Å²) in [6.07, 6.45) is 3.90. The highest BCUT2D eigenvalue weighted by Crippen LogP contribution is 2.21. The van der Waals surface area contributed by atoms with Gasteiger partial charge in [0.2, 0.25) is 0 Å². The van der Waals surface area contributed by atoms with Crippen molar-refractivity contribution in [1.82, 2.24) is 9.55 Å². The predicted molar refractivity (Wildman–Crippen MR) is 135 cm³/mol. The molecule has 0 saturated carbocycles. The molecular formula is C28H23N3O. The molecule has 0 aliphatic heterocycles. The van der Waals surface area contributed by atoms with Crippen molar-refractivity contribution in [2.75, 3.05) is 19.0 Å². The fourth-order valence-electron chi connectivity index (χ4n) is 3.88. The normalized spacial score (nSPS) is 11.4. The van der Waals surface area contributed by atoms with E-state index < -0.39 is 0 Å². The summed E-state index contributed by atoms with van der Waals surface area (Å²) in [4.78, 5) is 20.4. The molecule has 0 bridgehead atoms. The maximum Gasteiger partial charge on any atom is 0.266 e. The summed E-state index contributed by atoms with van der Waals surface area (Å²) >= 11 is 0. The molecule has 0 saturated heterocycles. The van der Waals surface area contributed by atoms with E-state index in [1.807, 2.05) is 80.8 Å². The predicted octanol–water partition coefficient (Wildman–Crippen LogP) is 5.78. The first-order chi connectivity index (χ1) is 15.6. The summed E-state index contributed by atoms with van der Waals surface area (Å²) < 4.78 is 1.69. The number of fused-ring (bicyclic) bond motifs is 2. The molecule has 5 aromatic rings. The summed E-state index contributed by atoms with van der Waals surface area (Å²) in [6.45, 7) is 0. The SMILES string of the molecule is CN(C)c1ccc(/C=C/c2nc3ccccc3c(=O)n2-c2ccc3ccccc3c2)cc1. The van der Waals surface area contributed by atoms with Crippen LogP contribution < -0.4 is 10.5 Å². The smallest absolute Gasteiger partial charge is 0.266 e. The lowest BCUT2D eigenvalue weighted by Gasteiger charge is -2.13. The van der Waals surface area contributed by atoms with Crippen LogP contribution in [0.5, 0.6) is 0 Å². The molecule has 1 aromatic heterocycles. The second-order valence-electron chi connectivity index (χ2n) is 7.98. The van der Waals surface area contributed by atoms with E-state index in [1.165, 1.54) is 0 Å². The van der Waals surface area contributed by atoms with E-state index in [0.717, 1.165) is 27.7 Å². The van der Waals surface area contributed by atoms with Crippen LogP contribution >= 0.6 is 0 Å². The number of anilines is 1. The average molecular weight is 418 g/mol. The maximum atomic E-state index is 13.5. The molecule has 1 heterocycles. The fourth-order valence-corrected chi connectivity index (χ4v) is 3.88. The van der Waals surface area contributed by atoms with Crippen molar-refractivity contribution in [3.05, 3.63) is 113 Å². The van der Waals surface area contributed by atoms with Crippen molar-refractivity contribution in [3.63, 3.8) is 0 Å². The third-order valence-corrected chi connectivity index (χ3v) is 5.63. The van der Waals surface area contributed by atoms with E-state index in [2.05, 4.69) is 41.3 Å². The molecule has 0 fully saturated rings. The highest BCUT2D eigenvalue weighted by Gasteiger charge is 2.11. The molecule has 4 heteroatoms. The van der Waals surface area contributed by atoms with Crippen molar-refractivity contribution in [3.8, 4) is 5.69 Å². The van der Waals surface area contributed by atoms with Gasteiger partial charge in [-0.25, -0.2) is 4.98 Å². The van der Waals surface area contributed by atoms with Gasteiger partial charge in [0.25, 0.3) is 5.56 Å². The van der Waals surface area contributed by atoms with Gasteiger partial charge in [-0.05, 0) is 58.8 Å². The number of aromatic nitrogens is 2. The zero-order chi connectivity index (χ0) is 22.1. The first kappa shape index (κ1) is 19.8. The highest BCUT2D eigenvalue weighted by atomic mass is 16.1. The third-order valence-electron chi connectivity index (χ3n) is 5.63. The van der Waals surface area contributed by atoms with E-state index >= 15 is 0 Å². The second kappa shape index (κ2) is 8.16. The maximum absolute atomic E-state index is 13.5. The number of hydrogen-bond acceptors (Lipinski definition) is 3. The molecule has 32 heavy (non-hydrogen) atoms. The lowest BCUT2D eigenvalue weighted by Crippen LogP contribution is -2.22.